The second kappa shape index (κ2) is 5.99. The zero-order valence-corrected chi connectivity index (χ0v) is 10.8. The van der Waals surface area contributed by atoms with E-state index in [2.05, 4.69) is 5.32 Å². The number of carboxylic acids is 1. The molecule has 6 heteroatoms. The summed E-state index contributed by atoms with van der Waals surface area (Å²) in [6.45, 7) is 3.62. The largest absolute Gasteiger partial charge is 0.480 e. The third kappa shape index (κ3) is 3.80. The Labute approximate surface area is 110 Å². The van der Waals surface area contributed by atoms with Crippen molar-refractivity contribution in [1.29, 1.82) is 0 Å². The number of carbonyl (C=O) groups excluding carboxylic acids is 2. The van der Waals surface area contributed by atoms with Gasteiger partial charge in [0.15, 0.2) is 0 Å². The molecule has 0 aliphatic carbocycles. The van der Waals surface area contributed by atoms with Gasteiger partial charge in [0, 0.05) is 5.56 Å². The topological polar surface area (TPSA) is 109 Å². The molecule has 0 aromatic heterocycles. The first-order chi connectivity index (χ1) is 8.82. The van der Waals surface area contributed by atoms with Gasteiger partial charge >= 0.3 is 5.97 Å². The lowest BCUT2D eigenvalue weighted by Gasteiger charge is -2.14. The van der Waals surface area contributed by atoms with Crippen molar-refractivity contribution in [2.45, 2.75) is 26.3 Å². The minimum Gasteiger partial charge on any atom is -0.480 e. The van der Waals surface area contributed by atoms with E-state index in [1.165, 1.54) is 0 Å². The Balaban J connectivity index is 2.91. The number of hydrogen-bond acceptors (Lipinski definition) is 3. The molecule has 0 aliphatic heterocycles. The van der Waals surface area contributed by atoms with Crippen LogP contribution in [0.1, 0.15) is 27.9 Å². The second-order valence-corrected chi connectivity index (χ2v) is 4.28. The van der Waals surface area contributed by atoms with Gasteiger partial charge in [0.2, 0.25) is 5.91 Å². The summed E-state index contributed by atoms with van der Waals surface area (Å²) in [7, 11) is 0. The normalized spacial score (nSPS) is 11.7. The number of nitrogens with two attached hydrogens (primary N) is 1. The van der Waals surface area contributed by atoms with E-state index >= 15 is 0 Å². The molecular weight excluding hydrogens is 248 g/mol. The van der Waals surface area contributed by atoms with Gasteiger partial charge in [-0.2, -0.15) is 0 Å². The number of carboxylic acid groups (broad SMARTS) is 1. The van der Waals surface area contributed by atoms with Gasteiger partial charge < -0.3 is 16.2 Å². The van der Waals surface area contributed by atoms with Crippen LogP contribution in [0, 0.1) is 13.8 Å². The first kappa shape index (κ1) is 14.7. The molecule has 0 saturated carbocycles. The summed E-state index contributed by atoms with van der Waals surface area (Å²) < 4.78 is 0. The number of aliphatic carboxylic acids is 1. The van der Waals surface area contributed by atoms with Crippen molar-refractivity contribution in [2.75, 3.05) is 0 Å². The van der Waals surface area contributed by atoms with E-state index in [-0.39, 0.29) is 0 Å². The molecule has 2 amide bonds. The van der Waals surface area contributed by atoms with Crippen LogP contribution in [0.3, 0.4) is 0 Å². The van der Waals surface area contributed by atoms with E-state index in [9.17, 15) is 14.4 Å². The molecule has 0 saturated heterocycles. The van der Waals surface area contributed by atoms with Gasteiger partial charge in [-0.1, -0.05) is 12.1 Å². The first-order valence-electron chi connectivity index (χ1n) is 5.71. The van der Waals surface area contributed by atoms with Crippen LogP contribution in [-0.2, 0) is 9.59 Å². The molecule has 0 unspecified atom stereocenters. The standard InChI is InChI=1S/C13H16N2O4/c1-7-4-3-5-9(8(7)2)12(17)15-10(13(18)19)6-11(14)16/h3-5,10H,6H2,1-2H3,(H2,14,16)(H,15,17)(H,18,19)/t10-/m0/s1. The molecule has 102 valence electrons. The summed E-state index contributed by atoms with van der Waals surface area (Å²) in [5, 5.41) is 11.2. The van der Waals surface area contributed by atoms with Crippen LogP contribution in [0.4, 0.5) is 0 Å². The van der Waals surface area contributed by atoms with E-state index < -0.39 is 30.2 Å². The molecule has 1 aromatic carbocycles. The molecule has 0 bridgehead atoms. The molecule has 1 aromatic rings. The monoisotopic (exact) mass is 264 g/mol. The predicted molar refractivity (Wildman–Crippen MR) is 68.6 cm³/mol. The Morgan fingerprint density at radius 1 is 1.32 bits per heavy atom. The van der Waals surface area contributed by atoms with E-state index in [1.54, 1.807) is 19.1 Å². The van der Waals surface area contributed by atoms with Gasteiger partial charge in [-0.3, -0.25) is 9.59 Å². The molecule has 1 atom stereocenters. The minimum atomic E-state index is -1.31. The molecule has 6 nitrogen and oxygen atoms in total. The SMILES string of the molecule is Cc1cccc(C(=O)N[C@@H](CC(N)=O)C(=O)O)c1C. The third-order valence-corrected chi connectivity index (χ3v) is 2.86. The van der Waals surface area contributed by atoms with E-state index in [4.69, 9.17) is 10.8 Å². The number of hydrogen-bond donors (Lipinski definition) is 3. The fourth-order valence-electron chi connectivity index (χ4n) is 1.63. The van der Waals surface area contributed by atoms with E-state index in [1.807, 2.05) is 13.0 Å². The summed E-state index contributed by atoms with van der Waals surface area (Å²) in [5.41, 5.74) is 7.02. The molecule has 19 heavy (non-hydrogen) atoms. The van der Waals surface area contributed by atoms with Gasteiger partial charge in [-0.25, -0.2) is 4.79 Å². The number of benzene rings is 1. The van der Waals surface area contributed by atoms with Crippen LogP contribution in [-0.4, -0.2) is 28.9 Å². The van der Waals surface area contributed by atoms with Gasteiger partial charge in [-0.15, -0.1) is 0 Å². The Morgan fingerprint density at radius 2 is 1.95 bits per heavy atom. The molecule has 1 rings (SSSR count). The van der Waals surface area contributed by atoms with Gasteiger partial charge in [0.25, 0.3) is 5.91 Å². The Kier molecular flexibility index (Phi) is 4.63. The Bertz CT molecular complexity index is 525. The van der Waals surface area contributed by atoms with Crippen molar-refractivity contribution < 1.29 is 19.5 Å². The minimum absolute atomic E-state index is 0.385. The lowest BCUT2D eigenvalue weighted by atomic mass is 10.0. The summed E-state index contributed by atoms with van der Waals surface area (Å²) >= 11 is 0. The lowest BCUT2D eigenvalue weighted by molar-refractivity contribution is -0.140. The highest BCUT2D eigenvalue weighted by atomic mass is 16.4. The second-order valence-electron chi connectivity index (χ2n) is 4.28. The number of nitrogens with one attached hydrogen (secondary N) is 1. The van der Waals surface area contributed by atoms with Crippen molar-refractivity contribution in [1.82, 2.24) is 5.32 Å². The van der Waals surface area contributed by atoms with Gasteiger partial charge in [0.1, 0.15) is 6.04 Å². The average Bonchev–Trinajstić information content (AvgIpc) is 2.31. The number of amides is 2. The number of carbonyl (C=O) groups is 3. The molecule has 0 fully saturated rings. The van der Waals surface area contributed by atoms with Crippen molar-refractivity contribution in [3.05, 3.63) is 34.9 Å². The highest BCUT2D eigenvalue weighted by Crippen LogP contribution is 2.12. The predicted octanol–water partition coefficient (Wildman–Crippen LogP) is 0.362. The quantitative estimate of drug-likeness (QED) is 0.713. The van der Waals surface area contributed by atoms with Crippen molar-refractivity contribution in [2.24, 2.45) is 5.73 Å². The lowest BCUT2D eigenvalue weighted by Crippen LogP contribution is -2.43. The molecule has 0 radical (unpaired) electrons. The molecule has 0 spiro atoms. The molecule has 0 aliphatic rings. The Hall–Kier alpha value is -2.37. The molecule has 0 heterocycles. The zero-order valence-electron chi connectivity index (χ0n) is 10.8. The summed E-state index contributed by atoms with van der Waals surface area (Å²) in [6.07, 6.45) is -0.439. The van der Waals surface area contributed by atoms with Crippen molar-refractivity contribution >= 4 is 17.8 Å². The van der Waals surface area contributed by atoms with E-state index in [0.717, 1.165) is 11.1 Å². The Morgan fingerprint density at radius 3 is 2.47 bits per heavy atom. The van der Waals surface area contributed by atoms with Crippen LogP contribution in [0.5, 0.6) is 0 Å². The molecule has 4 N–H and O–H groups in total. The smallest absolute Gasteiger partial charge is 0.326 e. The van der Waals surface area contributed by atoms with Crippen molar-refractivity contribution in [3.8, 4) is 0 Å². The number of primary amides is 1. The average molecular weight is 264 g/mol. The van der Waals surface area contributed by atoms with Crippen LogP contribution in [0.25, 0.3) is 0 Å². The summed E-state index contributed by atoms with van der Waals surface area (Å²) in [5.74, 6) is -2.61. The maximum absolute atomic E-state index is 12.0. The first-order valence-corrected chi connectivity index (χ1v) is 5.71. The van der Waals surface area contributed by atoms with Gasteiger partial charge in [0.05, 0.1) is 6.42 Å². The summed E-state index contributed by atoms with van der Waals surface area (Å²) in [4.78, 5) is 33.7. The van der Waals surface area contributed by atoms with Crippen molar-refractivity contribution in [3.63, 3.8) is 0 Å². The fraction of sp³-hybridized carbons (Fsp3) is 0.308. The molecular formula is C13H16N2O4. The van der Waals surface area contributed by atoms with E-state index in [0.29, 0.717) is 5.56 Å². The van der Waals surface area contributed by atoms with Gasteiger partial charge in [-0.05, 0) is 31.0 Å². The highest BCUT2D eigenvalue weighted by Gasteiger charge is 2.23. The van der Waals surface area contributed by atoms with Crippen LogP contribution < -0.4 is 11.1 Å². The highest BCUT2D eigenvalue weighted by molar-refractivity contribution is 5.98. The van der Waals surface area contributed by atoms with Crippen LogP contribution in [0.15, 0.2) is 18.2 Å². The number of rotatable bonds is 5. The summed E-state index contributed by atoms with van der Waals surface area (Å²) in [6, 6.07) is 3.84. The number of aryl methyl sites for hydroxylation is 1. The fourth-order valence-corrected chi connectivity index (χ4v) is 1.63. The maximum atomic E-state index is 12.0. The zero-order chi connectivity index (χ0) is 14.6. The van der Waals surface area contributed by atoms with Crippen LogP contribution >= 0.6 is 0 Å². The maximum Gasteiger partial charge on any atom is 0.326 e. The third-order valence-electron chi connectivity index (χ3n) is 2.86. The van der Waals surface area contributed by atoms with Crippen LogP contribution in [0.2, 0.25) is 0 Å².